The first kappa shape index (κ1) is 7.60. The lowest BCUT2D eigenvalue weighted by Gasteiger charge is -1.97. The van der Waals surface area contributed by atoms with Crippen molar-refractivity contribution in [3.63, 3.8) is 0 Å². The van der Waals surface area contributed by atoms with Gasteiger partial charge < -0.3 is 11.5 Å². The molecule has 0 aliphatic carbocycles. The van der Waals surface area contributed by atoms with Crippen LogP contribution in [0.5, 0.6) is 0 Å². The van der Waals surface area contributed by atoms with Gasteiger partial charge in [0.2, 0.25) is 5.91 Å². The van der Waals surface area contributed by atoms with Gasteiger partial charge in [-0.05, 0) is 23.8 Å². The van der Waals surface area contributed by atoms with Crippen LogP contribution in [0, 0.1) is 6.07 Å². The van der Waals surface area contributed by atoms with Gasteiger partial charge in [0, 0.05) is 5.69 Å². The van der Waals surface area contributed by atoms with E-state index < -0.39 is 0 Å². The number of primary amides is 1. The number of benzene rings is 1. The molecule has 57 valence electrons. The van der Waals surface area contributed by atoms with E-state index >= 15 is 0 Å². The van der Waals surface area contributed by atoms with Crippen LogP contribution in [0.15, 0.2) is 18.2 Å². The van der Waals surface area contributed by atoms with Crippen LogP contribution in [0.1, 0.15) is 5.56 Å². The molecule has 0 aliphatic rings. The van der Waals surface area contributed by atoms with Crippen LogP contribution in [0.3, 0.4) is 0 Å². The topological polar surface area (TPSA) is 69.1 Å². The van der Waals surface area contributed by atoms with Gasteiger partial charge in [0.15, 0.2) is 0 Å². The van der Waals surface area contributed by atoms with Gasteiger partial charge in [-0.15, -0.1) is 0 Å². The number of carbonyl (C=O) groups excluding carboxylic acids is 1. The van der Waals surface area contributed by atoms with Gasteiger partial charge in [0.05, 0.1) is 6.42 Å². The van der Waals surface area contributed by atoms with Crippen LogP contribution in [-0.2, 0) is 11.2 Å². The van der Waals surface area contributed by atoms with Crippen LogP contribution < -0.4 is 11.5 Å². The molecule has 0 atom stereocenters. The van der Waals surface area contributed by atoms with Crippen molar-refractivity contribution >= 4 is 11.6 Å². The highest BCUT2D eigenvalue weighted by atomic mass is 16.1. The van der Waals surface area contributed by atoms with Crippen LogP contribution in [0.2, 0.25) is 0 Å². The number of hydrogen-bond donors (Lipinski definition) is 2. The average molecular weight is 149 g/mol. The lowest BCUT2D eigenvalue weighted by atomic mass is 10.1. The van der Waals surface area contributed by atoms with Crippen molar-refractivity contribution in [2.75, 3.05) is 5.73 Å². The molecule has 11 heavy (non-hydrogen) atoms. The standard InChI is InChI=1S/C8H9N2O/c9-7-3-1-2-6(4-7)5-8(10)11/h2-4H,5,9H2,(H2,10,11). The monoisotopic (exact) mass is 149 g/mol. The summed E-state index contributed by atoms with van der Waals surface area (Å²) in [5.41, 5.74) is 11.8. The van der Waals surface area contributed by atoms with Crippen LogP contribution in [0.4, 0.5) is 5.69 Å². The number of nitrogen functional groups attached to an aromatic ring is 1. The molecule has 0 aromatic heterocycles. The molecule has 1 aromatic carbocycles. The van der Waals surface area contributed by atoms with E-state index in [0.29, 0.717) is 5.69 Å². The molecular formula is C8H9N2O. The van der Waals surface area contributed by atoms with Gasteiger partial charge in [-0.1, -0.05) is 6.07 Å². The number of amides is 1. The van der Waals surface area contributed by atoms with Gasteiger partial charge in [-0.2, -0.15) is 0 Å². The maximum atomic E-state index is 10.4. The van der Waals surface area contributed by atoms with Crippen molar-refractivity contribution in [2.24, 2.45) is 5.73 Å². The minimum Gasteiger partial charge on any atom is -0.399 e. The molecule has 3 nitrogen and oxygen atoms in total. The Bertz CT molecular complexity index is 271. The van der Waals surface area contributed by atoms with E-state index in [1.807, 2.05) is 0 Å². The fraction of sp³-hybridized carbons (Fsp3) is 0.125. The first-order valence-corrected chi connectivity index (χ1v) is 3.22. The third-order valence-corrected chi connectivity index (χ3v) is 1.25. The summed E-state index contributed by atoms with van der Waals surface area (Å²) in [6, 6.07) is 7.85. The minimum absolute atomic E-state index is 0.224. The Morgan fingerprint density at radius 3 is 2.82 bits per heavy atom. The summed E-state index contributed by atoms with van der Waals surface area (Å²) in [5, 5.41) is 0. The van der Waals surface area contributed by atoms with E-state index in [2.05, 4.69) is 6.07 Å². The Hall–Kier alpha value is -1.51. The second kappa shape index (κ2) is 3.05. The molecule has 1 rings (SSSR count). The molecule has 1 amide bonds. The molecule has 0 unspecified atom stereocenters. The summed E-state index contributed by atoms with van der Waals surface area (Å²) in [7, 11) is 0. The zero-order chi connectivity index (χ0) is 8.27. The Morgan fingerprint density at radius 1 is 1.55 bits per heavy atom. The Balaban J connectivity index is 2.79. The molecule has 3 heteroatoms. The third-order valence-electron chi connectivity index (χ3n) is 1.25. The summed E-state index contributed by atoms with van der Waals surface area (Å²) < 4.78 is 0. The summed E-state index contributed by atoms with van der Waals surface area (Å²) >= 11 is 0. The zero-order valence-corrected chi connectivity index (χ0v) is 6.00. The maximum absolute atomic E-state index is 10.4. The molecule has 0 spiro atoms. The maximum Gasteiger partial charge on any atom is 0.221 e. The number of carbonyl (C=O) groups is 1. The molecule has 1 radical (unpaired) electrons. The van der Waals surface area contributed by atoms with E-state index in [1.165, 1.54) is 0 Å². The molecule has 0 fully saturated rings. The number of nitrogens with two attached hydrogens (primary N) is 2. The summed E-state index contributed by atoms with van der Waals surface area (Å²) in [4.78, 5) is 10.4. The molecule has 0 heterocycles. The molecule has 1 aromatic rings. The van der Waals surface area contributed by atoms with Crippen molar-refractivity contribution in [1.29, 1.82) is 0 Å². The van der Waals surface area contributed by atoms with Crippen molar-refractivity contribution in [1.82, 2.24) is 0 Å². The zero-order valence-electron chi connectivity index (χ0n) is 6.00. The SMILES string of the molecule is NC(=O)Cc1c[c]cc(N)c1. The minimum atomic E-state index is -0.357. The van der Waals surface area contributed by atoms with Crippen molar-refractivity contribution in [3.8, 4) is 0 Å². The number of rotatable bonds is 2. The lowest BCUT2D eigenvalue weighted by Crippen LogP contribution is -2.13. The normalized spacial score (nSPS) is 9.45. The van der Waals surface area contributed by atoms with Crippen LogP contribution in [0.25, 0.3) is 0 Å². The van der Waals surface area contributed by atoms with Gasteiger partial charge in [0.25, 0.3) is 0 Å². The first-order chi connectivity index (χ1) is 5.18. The van der Waals surface area contributed by atoms with Gasteiger partial charge in [-0.25, -0.2) is 0 Å². The number of anilines is 1. The quantitative estimate of drug-likeness (QED) is 0.585. The van der Waals surface area contributed by atoms with E-state index in [-0.39, 0.29) is 12.3 Å². The summed E-state index contributed by atoms with van der Waals surface area (Å²) in [6.07, 6.45) is 0.224. The predicted octanol–water partition coefficient (Wildman–Crippen LogP) is 0.0968. The largest absolute Gasteiger partial charge is 0.399 e. The van der Waals surface area contributed by atoms with Crippen molar-refractivity contribution in [3.05, 3.63) is 29.8 Å². The lowest BCUT2D eigenvalue weighted by molar-refractivity contribution is -0.117. The highest BCUT2D eigenvalue weighted by Crippen LogP contribution is 2.05. The summed E-state index contributed by atoms with van der Waals surface area (Å²) in [5.74, 6) is -0.357. The molecule has 4 N–H and O–H groups in total. The van der Waals surface area contributed by atoms with Gasteiger partial charge >= 0.3 is 0 Å². The fourth-order valence-corrected chi connectivity index (χ4v) is 0.846. The van der Waals surface area contributed by atoms with E-state index in [1.54, 1.807) is 18.2 Å². The van der Waals surface area contributed by atoms with E-state index in [9.17, 15) is 4.79 Å². The van der Waals surface area contributed by atoms with Crippen molar-refractivity contribution in [2.45, 2.75) is 6.42 Å². The molecule has 0 bridgehead atoms. The molecular weight excluding hydrogens is 140 g/mol. The van der Waals surface area contributed by atoms with Crippen molar-refractivity contribution < 1.29 is 4.79 Å². The first-order valence-electron chi connectivity index (χ1n) is 3.22. The third kappa shape index (κ3) is 2.29. The molecule has 0 saturated carbocycles. The second-order valence-corrected chi connectivity index (χ2v) is 2.32. The highest BCUT2D eigenvalue weighted by Gasteiger charge is 1.97. The van der Waals surface area contributed by atoms with Gasteiger partial charge in [-0.3, -0.25) is 4.79 Å². The fourth-order valence-electron chi connectivity index (χ4n) is 0.846. The molecule has 0 saturated heterocycles. The predicted molar refractivity (Wildman–Crippen MR) is 42.6 cm³/mol. The van der Waals surface area contributed by atoms with Crippen LogP contribution in [-0.4, -0.2) is 5.91 Å². The van der Waals surface area contributed by atoms with E-state index in [4.69, 9.17) is 11.5 Å². The Kier molecular flexibility index (Phi) is 2.11. The Labute approximate surface area is 65.0 Å². The average Bonchev–Trinajstić information content (AvgIpc) is 1.85. The second-order valence-electron chi connectivity index (χ2n) is 2.32. The van der Waals surface area contributed by atoms with E-state index in [0.717, 1.165) is 5.56 Å². The smallest absolute Gasteiger partial charge is 0.221 e. The number of hydrogen-bond acceptors (Lipinski definition) is 2. The highest BCUT2D eigenvalue weighted by molar-refractivity contribution is 5.76. The summed E-state index contributed by atoms with van der Waals surface area (Å²) in [6.45, 7) is 0. The van der Waals surface area contributed by atoms with Gasteiger partial charge in [0.1, 0.15) is 0 Å². The Morgan fingerprint density at radius 2 is 2.27 bits per heavy atom. The molecule has 0 aliphatic heterocycles. The van der Waals surface area contributed by atoms with Crippen LogP contribution >= 0.6 is 0 Å².